The van der Waals surface area contributed by atoms with Gasteiger partial charge in [0.1, 0.15) is 11.6 Å². The van der Waals surface area contributed by atoms with Gasteiger partial charge in [-0.1, -0.05) is 24.3 Å². The topological polar surface area (TPSA) is 94.0 Å². The molecule has 0 spiro atoms. The van der Waals surface area contributed by atoms with Crippen LogP contribution in [0.5, 0.6) is 5.75 Å². The number of amides is 1. The summed E-state index contributed by atoms with van der Waals surface area (Å²) in [5.41, 5.74) is -5.70. The third-order valence-electron chi connectivity index (χ3n) is 6.04. The molecule has 1 atom stereocenters. The molecule has 1 unspecified atom stereocenters. The molecule has 0 saturated carbocycles. The van der Waals surface area contributed by atoms with E-state index in [0.29, 0.717) is 6.07 Å². The van der Waals surface area contributed by atoms with Gasteiger partial charge in [0.2, 0.25) is 0 Å². The quantitative estimate of drug-likeness (QED) is 0.179. The van der Waals surface area contributed by atoms with Crippen LogP contribution in [0, 0.1) is 5.82 Å². The normalized spacial score (nSPS) is 13.7. The largest absolute Gasteiger partial charge is 0.573 e. The lowest BCUT2D eigenvalue weighted by Gasteiger charge is -2.36. The van der Waals surface area contributed by atoms with Crippen LogP contribution in [0.15, 0.2) is 66.7 Å². The molecule has 44 heavy (non-hydrogen) atoms. The smallest absolute Gasteiger partial charge is 0.406 e. The van der Waals surface area contributed by atoms with Crippen molar-refractivity contribution in [1.29, 1.82) is 0 Å². The summed E-state index contributed by atoms with van der Waals surface area (Å²) in [5, 5.41) is 15.1. The van der Waals surface area contributed by atoms with Gasteiger partial charge in [-0.05, 0) is 58.8 Å². The van der Waals surface area contributed by atoms with Crippen molar-refractivity contribution in [2.75, 3.05) is 5.32 Å². The number of nitrogens with one attached hydrogen (secondary N) is 2. The van der Waals surface area contributed by atoms with E-state index >= 15 is 0 Å². The van der Waals surface area contributed by atoms with E-state index in [4.69, 9.17) is 0 Å². The first-order valence-electron chi connectivity index (χ1n) is 12.1. The van der Waals surface area contributed by atoms with Gasteiger partial charge in [0.15, 0.2) is 5.82 Å². The molecule has 0 radical (unpaired) electrons. The Kier molecular flexibility index (Phi) is 8.48. The third kappa shape index (κ3) is 7.73. The molecule has 0 fully saturated rings. The molecule has 0 saturated heterocycles. The maximum absolute atomic E-state index is 14.0. The lowest BCUT2D eigenvalue weighted by Crippen LogP contribution is -2.49. The zero-order valence-corrected chi connectivity index (χ0v) is 21.9. The Hall–Kier alpha value is -4.90. The van der Waals surface area contributed by atoms with Crippen molar-refractivity contribution < 1.29 is 53.4 Å². The molecular formula is C26H18F10N6O2. The number of aryl methyl sites for hydroxylation is 1. The van der Waals surface area contributed by atoms with Crippen LogP contribution in [0.4, 0.5) is 49.6 Å². The number of carbonyl (C=O) groups is 1. The average molecular weight is 636 g/mol. The summed E-state index contributed by atoms with van der Waals surface area (Å²) in [4.78, 5) is 14.5. The Morgan fingerprint density at radius 1 is 0.886 bits per heavy atom. The number of hydrogen-bond donors (Lipinski definition) is 2. The van der Waals surface area contributed by atoms with Crippen molar-refractivity contribution in [3.8, 4) is 5.75 Å². The van der Waals surface area contributed by atoms with Gasteiger partial charge < -0.3 is 10.1 Å². The number of carbonyl (C=O) groups excluding carboxylic acids is 1. The molecule has 18 heteroatoms. The molecule has 4 aromatic rings. The number of nitrogens with zero attached hydrogens (tertiary/aromatic N) is 4. The number of benzene rings is 3. The van der Waals surface area contributed by atoms with E-state index in [1.165, 1.54) is 24.5 Å². The summed E-state index contributed by atoms with van der Waals surface area (Å²) in [5.74, 6) is -3.98. The summed E-state index contributed by atoms with van der Waals surface area (Å²) in [7, 11) is 1.35. The SMILES string of the molecule is Cn1nnc(CC(NC(=O)c2ccc(F)c(C(F)(F)F)c2)(c2cccc(NC(F)(F)F)c2)c2cccc(OC(F)(F)F)c2)n1. The lowest BCUT2D eigenvalue weighted by atomic mass is 9.79. The molecule has 0 aliphatic carbocycles. The predicted octanol–water partition coefficient (Wildman–Crippen LogP) is 6.11. The summed E-state index contributed by atoms with van der Waals surface area (Å²) >= 11 is 0. The molecule has 3 aromatic carbocycles. The molecule has 4 rings (SSSR count). The van der Waals surface area contributed by atoms with Crippen molar-refractivity contribution in [3.05, 3.63) is 101 Å². The second-order valence-corrected chi connectivity index (χ2v) is 9.20. The van der Waals surface area contributed by atoms with E-state index < -0.39 is 65.1 Å². The number of anilines is 1. The van der Waals surface area contributed by atoms with E-state index in [9.17, 15) is 48.7 Å². The molecular weight excluding hydrogens is 618 g/mol. The van der Waals surface area contributed by atoms with E-state index in [1.54, 1.807) is 0 Å². The van der Waals surface area contributed by atoms with E-state index in [-0.39, 0.29) is 23.0 Å². The fraction of sp³-hybridized carbons (Fsp3) is 0.231. The van der Waals surface area contributed by atoms with Gasteiger partial charge in [-0.15, -0.1) is 23.4 Å². The fourth-order valence-electron chi connectivity index (χ4n) is 4.33. The summed E-state index contributed by atoms with van der Waals surface area (Å²) < 4.78 is 137. The number of halogens is 10. The van der Waals surface area contributed by atoms with Gasteiger partial charge in [-0.3, -0.25) is 10.1 Å². The van der Waals surface area contributed by atoms with Crippen LogP contribution >= 0.6 is 0 Å². The molecule has 2 N–H and O–H groups in total. The molecule has 0 aliphatic heterocycles. The van der Waals surface area contributed by atoms with Crippen LogP contribution in [0.3, 0.4) is 0 Å². The molecule has 1 amide bonds. The predicted molar refractivity (Wildman–Crippen MR) is 131 cm³/mol. The molecule has 0 aliphatic rings. The van der Waals surface area contributed by atoms with Crippen LogP contribution in [-0.2, 0) is 25.2 Å². The highest BCUT2D eigenvalue weighted by molar-refractivity contribution is 5.95. The van der Waals surface area contributed by atoms with E-state index in [0.717, 1.165) is 47.3 Å². The number of hydrogen-bond acceptors (Lipinski definition) is 6. The summed E-state index contributed by atoms with van der Waals surface area (Å²) in [6.07, 6.45) is -15.9. The number of alkyl halides is 9. The Balaban J connectivity index is 1.96. The number of ether oxygens (including phenoxy) is 1. The highest BCUT2D eigenvalue weighted by Gasteiger charge is 2.41. The highest BCUT2D eigenvalue weighted by atomic mass is 19.4. The summed E-state index contributed by atoms with van der Waals surface area (Å²) in [6, 6.07) is 9.56. The molecule has 0 bridgehead atoms. The van der Waals surface area contributed by atoms with Gasteiger partial charge in [0, 0.05) is 17.7 Å². The Labute approximate surface area is 240 Å². The molecule has 1 heterocycles. The first kappa shape index (κ1) is 32.0. The van der Waals surface area contributed by atoms with Crippen molar-refractivity contribution in [1.82, 2.24) is 25.5 Å². The monoisotopic (exact) mass is 636 g/mol. The van der Waals surface area contributed by atoms with Crippen LogP contribution in [0.2, 0.25) is 0 Å². The van der Waals surface area contributed by atoms with Crippen molar-refractivity contribution in [2.45, 2.75) is 30.8 Å². The standard InChI is InChI=1S/C26H18F10N6O2/c1-42-40-21(39-41-42)13-23(15-4-2-6-17(11-15)37-25(31,32)33,16-5-3-7-18(12-16)44-26(34,35)36)38-22(43)14-8-9-20(27)19(10-14)24(28,29)30/h2-12,37H,13H2,1H3,(H,38,43). The van der Waals surface area contributed by atoms with Gasteiger partial charge in [0.25, 0.3) is 5.91 Å². The number of aromatic nitrogens is 4. The minimum absolute atomic E-state index is 0.181. The maximum atomic E-state index is 14.0. The second-order valence-electron chi connectivity index (χ2n) is 9.20. The van der Waals surface area contributed by atoms with Gasteiger partial charge in [-0.2, -0.15) is 31.1 Å². The second kappa shape index (κ2) is 11.6. The number of tetrazole rings is 1. The molecule has 1 aromatic heterocycles. The van der Waals surface area contributed by atoms with Crippen molar-refractivity contribution in [3.63, 3.8) is 0 Å². The maximum Gasteiger partial charge on any atom is 0.573 e. The first-order chi connectivity index (χ1) is 20.3. The third-order valence-corrected chi connectivity index (χ3v) is 6.04. The first-order valence-corrected chi connectivity index (χ1v) is 12.1. The van der Waals surface area contributed by atoms with Gasteiger partial charge >= 0.3 is 18.8 Å². The molecule has 8 nitrogen and oxygen atoms in total. The van der Waals surface area contributed by atoms with Crippen LogP contribution < -0.4 is 15.4 Å². The highest BCUT2D eigenvalue weighted by Crippen LogP contribution is 2.38. The minimum atomic E-state index is -5.21. The van der Waals surface area contributed by atoms with Crippen molar-refractivity contribution >= 4 is 11.6 Å². The summed E-state index contributed by atoms with van der Waals surface area (Å²) in [6.45, 7) is 0. The van der Waals surface area contributed by atoms with Crippen LogP contribution in [0.25, 0.3) is 0 Å². The zero-order valence-electron chi connectivity index (χ0n) is 21.9. The number of rotatable bonds is 8. The Bertz CT molecular complexity index is 1590. The van der Waals surface area contributed by atoms with E-state index in [2.05, 4.69) is 25.5 Å². The Morgan fingerprint density at radius 2 is 1.55 bits per heavy atom. The van der Waals surface area contributed by atoms with E-state index in [1.807, 2.05) is 0 Å². The molecule has 234 valence electrons. The lowest BCUT2D eigenvalue weighted by molar-refractivity contribution is -0.274. The van der Waals surface area contributed by atoms with Gasteiger partial charge in [0.05, 0.1) is 18.2 Å². The Morgan fingerprint density at radius 3 is 2.14 bits per heavy atom. The van der Waals surface area contributed by atoms with Crippen molar-refractivity contribution in [2.24, 2.45) is 7.05 Å². The van der Waals surface area contributed by atoms with Crippen LogP contribution in [0.1, 0.15) is 32.9 Å². The average Bonchev–Trinajstić information content (AvgIpc) is 3.30. The van der Waals surface area contributed by atoms with Crippen LogP contribution in [-0.4, -0.2) is 38.8 Å². The minimum Gasteiger partial charge on any atom is -0.406 e. The fourth-order valence-corrected chi connectivity index (χ4v) is 4.33. The zero-order chi connectivity index (χ0) is 32.5. The van der Waals surface area contributed by atoms with Gasteiger partial charge in [-0.25, -0.2) is 4.39 Å².